The summed E-state index contributed by atoms with van der Waals surface area (Å²) in [6.45, 7) is 1.91. The Morgan fingerprint density at radius 3 is 2.88 bits per heavy atom. The molecule has 1 fully saturated rings. The summed E-state index contributed by atoms with van der Waals surface area (Å²) in [5.74, 6) is 1.35. The number of carbonyl (C=O) groups excluding carboxylic acids is 1. The maximum Gasteiger partial charge on any atom is 0.260 e. The summed E-state index contributed by atoms with van der Waals surface area (Å²) < 4.78 is 5.41. The van der Waals surface area contributed by atoms with Gasteiger partial charge in [-0.3, -0.25) is 9.89 Å². The SMILES string of the molecule is COc1ccccc1-c1[nH]nc(NC(=O)c2cncnc2C2CC2)c1C. The van der Waals surface area contributed by atoms with Gasteiger partial charge in [-0.2, -0.15) is 5.10 Å². The van der Waals surface area contributed by atoms with Crippen LogP contribution in [0, 0.1) is 6.92 Å². The molecule has 1 aromatic carbocycles. The summed E-state index contributed by atoms with van der Waals surface area (Å²) in [6, 6.07) is 7.67. The number of aromatic nitrogens is 4. The minimum atomic E-state index is -0.242. The summed E-state index contributed by atoms with van der Waals surface area (Å²) in [4.78, 5) is 21.0. The fourth-order valence-corrected chi connectivity index (χ4v) is 3.00. The first-order valence-corrected chi connectivity index (χ1v) is 8.48. The second-order valence-corrected chi connectivity index (χ2v) is 6.32. The third kappa shape index (κ3) is 2.92. The molecule has 0 spiro atoms. The zero-order chi connectivity index (χ0) is 18.1. The summed E-state index contributed by atoms with van der Waals surface area (Å²) in [7, 11) is 1.63. The van der Waals surface area contributed by atoms with Gasteiger partial charge in [0.25, 0.3) is 5.91 Å². The number of anilines is 1. The first kappa shape index (κ1) is 16.3. The third-order valence-corrected chi connectivity index (χ3v) is 4.57. The van der Waals surface area contributed by atoms with Crippen molar-refractivity contribution in [2.45, 2.75) is 25.7 Å². The van der Waals surface area contributed by atoms with E-state index in [0.717, 1.165) is 41.1 Å². The number of nitrogens with zero attached hydrogens (tertiary/aromatic N) is 3. The van der Waals surface area contributed by atoms with E-state index in [-0.39, 0.29) is 5.91 Å². The Morgan fingerprint density at radius 1 is 1.31 bits per heavy atom. The van der Waals surface area contributed by atoms with Crippen molar-refractivity contribution in [2.24, 2.45) is 0 Å². The molecule has 4 rings (SSSR count). The molecule has 2 aromatic heterocycles. The molecule has 0 radical (unpaired) electrons. The molecule has 1 saturated carbocycles. The van der Waals surface area contributed by atoms with Crippen molar-refractivity contribution < 1.29 is 9.53 Å². The average molecular weight is 349 g/mol. The van der Waals surface area contributed by atoms with Crippen molar-refractivity contribution in [1.29, 1.82) is 0 Å². The average Bonchev–Trinajstić information content (AvgIpc) is 3.47. The Kier molecular flexibility index (Phi) is 4.12. The maximum atomic E-state index is 12.7. The highest BCUT2D eigenvalue weighted by Gasteiger charge is 2.30. The molecule has 7 heteroatoms. The Morgan fingerprint density at radius 2 is 2.12 bits per heavy atom. The van der Waals surface area contributed by atoms with Crippen LogP contribution < -0.4 is 10.1 Å². The summed E-state index contributed by atoms with van der Waals surface area (Å²) >= 11 is 0. The molecule has 1 amide bonds. The number of para-hydroxylation sites is 1. The number of ether oxygens (including phenoxy) is 1. The fraction of sp³-hybridized carbons (Fsp3) is 0.263. The Labute approximate surface area is 150 Å². The maximum absolute atomic E-state index is 12.7. The highest BCUT2D eigenvalue weighted by atomic mass is 16.5. The molecule has 2 N–H and O–H groups in total. The van der Waals surface area contributed by atoms with Gasteiger partial charge in [-0.05, 0) is 31.9 Å². The molecule has 0 bridgehead atoms. The largest absolute Gasteiger partial charge is 0.496 e. The molecular formula is C19H19N5O2. The zero-order valence-corrected chi connectivity index (χ0v) is 14.6. The van der Waals surface area contributed by atoms with Gasteiger partial charge in [0.15, 0.2) is 5.82 Å². The van der Waals surface area contributed by atoms with Crippen LogP contribution in [0.2, 0.25) is 0 Å². The fourth-order valence-electron chi connectivity index (χ4n) is 3.00. The Bertz CT molecular complexity index is 962. The molecular weight excluding hydrogens is 330 g/mol. The molecule has 0 saturated heterocycles. The van der Waals surface area contributed by atoms with E-state index in [1.165, 1.54) is 6.33 Å². The lowest BCUT2D eigenvalue weighted by atomic mass is 10.1. The lowest BCUT2D eigenvalue weighted by Gasteiger charge is -2.08. The lowest BCUT2D eigenvalue weighted by Crippen LogP contribution is -2.16. The van der Waals surface area contributed by atoms with Gasteiger partial charge in [0.1, 0.15) is 12.1 Å². The second-order valence-electron chi connectivity index (χ2n) is 6.32. The minimum absolute atomic E-state index is 0.242. The summed E-state index contributed by atoms with van der Waals surface area (Å²) in [6.07, 6.45) is 5.19. The van der Waals surface area contributed by atoms with Crippen LogP contribution in [0.5, 0.6) is 5.75 Å². The van der Waals surface area contributed by atoms with Gasteiger partial charge >= 0.3 is 0 Å². The van der Waals surface area contributed by atoms with Crippen LogP contribution in [0.25, 0.3) is 11.3 Å². The quantitative estimate of drug-likeness (QED) is 0.737. The van der Waals surface area contributed by atoms with Crippen LogP contribution in [-0.4, -0.2) is 33.2 Å². The van der Waals surface area contributed by atoms with Crippen LogP contribution in [0.3, 0.4) is 0 Å². The second kappa shape index (κ2) is 6.59. The van der Waals surface area contributed by atoms with Crippen LogP contribution in [0.1, 0.15) is 40.4 Å². The van der Waals surface area contributed by atoms with E-state index < -0.39 is 0 Å². The molecule has 26 heavy (non-hydrogen) atoms. The van der Waals surface area contributed by atoms with Gasteiger partial charge in [-0.1, -0.05) is 12.1 Å². The van der Waals surface area contributed by atoms with Crippen LogP contribution in [0.4, 0.5) is 5.82 Å². The molecule has 3 aromatic rings. The Balaban J connectivity index is 1.62. The van der Waals surface area contributed by atoms with Gasteiger partial charge in [0.05, 0.1) is 24.1 Å². The molecule has 7 nitrogen and oxygen atoms in total. The molecule has 1 aliphatic rings. The molecule has 0 unspecified atom stereocenters. The van der Waals surface area contributed by atoms with Crippen molar-refractivity contribution in [2.75, 3.05) is 12.4 Å². The van der Waals surface area contributed by atoms with E-state index in [2.05, 4.69) is 25.5 Å². The number of rotatable bonds is 5. The van der Waals surface area contributed by atoms with Gasteiger partial charge < -0.3 is 10.1 Å². The number of aromatic amines is 1. The molecule has 0 atom stereocenters. The van der Waals surface area contributed by atoms with Gasteiger partial charge in [0, 0.05) is 23.2 Å². The van der Waals surface area contributed by atoms with E-state index in [0.29, 0.717) is 17.3 Å². The number of carbonyl (C=O) groups is 1. The Hall–Kier alpha value is -3.22. The monoisotopic (exact) mass is 349 g/mol. The molecule has 1 aliphatic carbocycles. The number of H-pyrrole nitrogens is 1. The van der Waals surface area contributed by atoms with E-state index in [9.17, 15) is 4.79 Å². The number of benzene rings is 1. The summed E-state index contributed by atoms with van der Waals surface area (Å²) in [5.41, 5.74) is 3.87. The molecule has 2 heterocycles. The number of hydrogen-bond acceptors (Lipinski definition) is 5. The van der Waals surface area contributed by atoms with Crippen molar-refractivity contribution in [3.63, 3.8) is 0 Å². The minimum Gasteiger partial charge on any atom is -0.496 e. The third-order valence-electron chi connectivity index (χ3n) is 4.57. The zero-order valence-electron chi connectivity index (χ0n) is 14.6. The van der Waals surface area contributed by atoms with E-state index >= 15 is 0 Å². The van der Waals surface area contributed by atoms with Crippen molar-refractivity contribution >= 4 is 11.7 Å². The molecule has 132 valence electrons. The predicted octanol–water partition coefficient (Wildman–Crippen LogP) is 3.31. The van der Waals surface area contributed by atoms with Crippen molar-refractivity contribution in [1.82, 2.24) is 20.2 Å². The van der Waals surface area contributed by atoms with Crippen LogP contribution in [-0.2, 0) is 0 Å². The normalized spacial score (nSPS) is 13.5. The summed E-state index contributed by atoms with van der Waals surface area (Å²) in [5, 5.41) is 10.1. The number of nitrogens with one attached hydrogen (secondary N) is 2. The first-order chi connectivity index (χ1) is 12.7. The van der Waals surface area contributed by atoms with Gasteiger partial charge in [-0.25, -0.2) is 9.97 Å². The van der Waals surface area contributed by atoms with Crippen molar-refractivity contribution in [3.05, 3.63) is 53.6 Å². The smallest absolute Gasteiger partial charge is 0.260 e. The van der Waals surface area contributed by atoms with Crippen LogP contribution >= 0.6 is 0 Å². The lowest BCUT2D eigenvalue weighted by molar-refractivity contribution is 0.102. The molecule has 0 aliphatic heterocycles. The van der Waals surface area contributed by atoms with Gasteiger partial charge in [-0.15, -0.1) is 0 Å². The van der Waals surface area contributed by atoms with E-state index in [1.807, 2.05) is 31.2 Å². The van der Waals surface area contributed by atoms with Gasteiger partial charge in [0.2, 0.25) is 0 Å². The highest BCUT2D eigenvalue weighted by Crippen LogP contribution is 2.40. The van der Waals surface area contributed by atoms with Crippen LogP contribution in [0.15, 0.2) is 36.8 Å². The number of methoxy groups -OCH3 is 1. The first-order valence-electron chi connectivity index (χ1n) is 8.48. The standard InChI is InChI=1S/C19H19N5O2/c1-11-16(13-5-3-4-6-15(13)26-2)23-24-18(11)22-19(25)14-9-20-10-21-17(14)12-7-8-12/h3-6,9-10,12H,7-8H2,1-2H3,(H2,22,23,24,25). The van der Waals surface area contributed by atoms with E-state index in [4.69, 9.17) is 4.74 Å². The van der Waals surface area contributed by atoms with Crippen molar-refractivity contribution in [3.8, 4) is 17.0 Å². The highest BCUT2D eigenvalue weighted by molar-refractivity contribution is 6.05. The van der Waals surface area contributed by atoms with E-state index in [1.54, 1.807) is 13.3 Å². The predicted molar refractivity (Wildman–Crippen MR) is 97.3 cm³/mol. The number of hydrogen-bond donors (Lipinski definition) is 2. The topological polar surface area (TPSA) is 92.8 Å². The number of amides is 1.